The highest BCUT2D eigenvalue weighted by molar-refractivity contribution is 6.55. The van der Waals surface area contributed by atoms with Crippen LogP contribution in [0.4, 0.5) is 17.6 Å². The predicted octanol–water partition coefficient (Wildman–Crippen LogP) is 9.38. The van der Waals surface area contributed by atoms with Crippen molar-refractivity contribution in [3.05, 3.63) is 196 Å². The number of halogens is 4. The highest BCUT2D eigenvalue weighted by Crippen LogP contribution is 2.46. The molecular weight excluding hydrogens is 733 g/mol. The molecule has 2 unspecified atom stereocenters. The second-order valence-corrected chi connectivity index (χ2v) is 13.4. The van der Waals surface area contributed by atoms with Gasteiger partial charge in [-0.3, -0.25) is 0 Å². The molecule has 2 atom stereocenters. The van der Waals surface area contributed by atoms with Crippen LogP contribution in [0.25, 0.3) is 0 Å². The van der Waals surface area contributed by atoms with E-state index in [4.69, 9.17) is 29.2 Å². The number of ether oxygens (including phenoxy) is 3. The molecule has 7 nitrogen and oxygen atoms in total. The van der Waals surface area contributed by atoms with Crippen LogP contribution in [-0.4, -0.2) is 48.8 Å². The maximum absolute atomic E-state index is 16.8. The van der Waals surface area contributed by atoms with Gasteiger partial charge in [0.15, 0.2) is 0 Å². The summed E-state index contributed by atoms with van der Waals surface area (Å²) in [6.07, 6.45) is -1.62. The van der Waals surface area contributed by atoms with Gasteiger partial charge in [0, 0.05) is 16.7 Å². The Bertz CT molecular complexity index is 2650. The topological polar surface area (TPSA) is 67.8 Å². The first kappa shape index (κ1) is 37.1. The molecule has 0 aliphatic carbocycles. The van der Waals surface area contributed by atoms with Crippen molar-refractivity contribution in [3.63, 3.8) is 0 Å². The van der Waals surface area contributed by atoms with E-state index in [0.717, 1.165) is 29.8 Å². The van der Waals surface area contributed by atoms with Gasteiger partial charge in [0.25, 0.3) is 6.17 Å². The number of hydrogen-bond donors (Lipinski definition) is 0. The monoisotopic (exact) mass is 767 g/mol. The van der Waals surface area contributed by atoms with Crippen molar-refractivity contribution < 1.29 is 36.3 Å². The Morgan fingerprint density at radius 2 is 0.930 bits per heavy atom. The summed E-state index contributed by atoms with van der Waals surface area (Å²) in [5, 5.41) is 0. The van der Waals surface area contributed by atoms with Gasteiger partial charge in [0.05, 0.1) is 26.9 Å². The maximum atomic E-state index is 16.8. The van der Waals surface area contributed by atoms with Gasteiger partial charge in [-0.1, -0.05) is 66.2 Å². The first-order valence-electron chi connectivity index (χ1n) is 18.0. The van der Waals surface area contributed by atoms with Gasteiger partial charge in [0.1, 0.15) is 68.8 Å². The molecule has 0 amide bonds. The van der Waals surface area contributed by atoms with Crippen LogP contribution in [0.5, 0.6) is 17.2 Å². The third-order valence-electron chi connectivity index (χ3n) is 9.93. The summed E-state index contributed by atoms with van der Waals surface area (Å²) in [7, 11) is 4.53. The first-order valence-corrected chi connectivity index (χ1v) is 18.0. The lowest BCUT2D eigenvalue weighted by atomic mass is 9.97. The number of nitrogens with zero attached hydrogens (tertiary/aromatic N) is 4. The summed E-state index contributed by atoms with van der Waals surface area (Å²) in [4.78, 5) is 15.6. The van der Waals surface area contributed by atoms with Crippen LogP contribution in [0.15, 0.2) is 148 Å². The van der Waals surface area contributed by atoms with Gasteiger partial charge in [-0.2, -0.15) is 9.98 Å². The van der Waals surface area contributed by atoms with Crippen molar-refractivity contribution in [1.82, 2.24) is 0 Å². The van der Waals surface area contributed by atoms with E-state index < -0.39 is 46.3 Å². The molecule has 11 heteroatoms. The highest BCUT2D eigenvalue weighted by Gasteiger charge is 2.60. The van der Waals surface area contributed by atoms with Crippen molar-refractivity contribution in [2.24, 2.45) is 15.0 Å². The van der Waals surface area contributed by atoms with Crippen LogP contribution >= 0.6 is 0 Å². The summed E-state index contributed by atoms with van der Waals surface area (Å²) in [6.45, 7) is 1.91. The molecule has 0 saturated carbocycles. The number of hydrogen-bond acceptors (Lipinski definition) is 6. The molecule has 0 fully saturated rings. The Morgan fingerprint density at radius 3 is 1.44 bits per heavy atom. The summed E-state index contributed by atoms with van der Waals surface area (Å²) in [6, 6.07) is 35.3. The van der Waals surface area contributed by atoms with E-state index >= 15 is 17.6 Å². The smallest absolute Gasteiger partial charge is 0.393 e. The normalized spacial score (nSPS) is 17.6. The number of benzene rings is 6. The Balaban J connectivity index is 1.60. The van der Waals surface area contributed by atoms with Crippen LogP contribution < -0.4 is 14.2 Å². The molecule has 2 aliphatic rings. The molecule has 0 radical (unpaired) electrons. The SMILES string of the molecule is COc1cccc(C2=NC(c3c(F)cccc3F)([N+]3=C(c4cccc(OC)c4)C(c4cccc(OC)c4)=NC3c3c(F)cccc3F)N=C2c2cccc(C)c2)c1. The average molecular weight is 768 g/mol. The van der Waals surface area contributed by atoms with E-state index in [1.54, 1.807) is 72.8 Å². The van der Waals surface area contributed by atoms with Crippen molar-refractivity contribution >= 4 is 22.8 Å². The van der Waals surface area contributed by atoms with Crippen LogP contribution in [0.1, 0.15) is 45.1 Å². The van der Waals surface area contributed by atoms with E-state index in [9.17, 15) is 0 Å². The summed E-state index contributed by atoms with van der Waals surface area (Å²) in [5.74, 6) is -4.88. The molecule has 0 aromatic heterocycles. The third-order valence-corrected chi connectivity index (χ3v) is 9.93. The number of rotatable bonds is 10. The van der Waals surface area contributed by atoms with Gasteiger partial charge in [-0.15, -0.1) is 4.58 Å². The molecule has 284 valence electrons. The lowest BCUT2D eigenvalue weighted by Gasteiger charge is -2.25. The van der Waals surface area contributed by atoms with E-state index in [-0.39, 0.29) is 22.8 Å². The van der Waals surface area contributed by atoms with E-state index in [2.05, 4.69) is 0 Å². The number of aliphatic imine (C=N–C) groups is 3. The maximum Gasteiger partial charge on any atom is 0.393 e. The zero-order valence-corrected chi connectivity index (χ0v) is 31.3. The van der Waals surface area contributed by atoms with Crippen LogP contribution in [-0.2, 0) is 5.79 Å². The van der Waals surface area contributed by atoms with Gasteiger partial charge in [0.2, 0.25) is 5.71 Å². The standard InChI is InChI=1S/C46H35F4N4O3/c1-27-11-5-12-28(23-27)41-42(29-13-6-16-32(24-29)55-2)53-46(52-41,40-37(49)21-10-22-38(40)50)54-44(31-15-8-18-34(26-31)57-4)43(30-14-7-17-33(25-30)56-3)51-45(54)39-35(47)19-9-20-36(39)48/h5-26,45H,1-4H3/q+1. The second kappa shape index (κ2) is 15.0. The van der Waals surface area contributed by atoms with Crippen molar-refractivity contribution in [3.8, 4) is 17.2 Å². The molecule has 6 aromatic carbocycles. The van der Waals surface area contributed by atoms with Crippen molar-refractivity contribution in [2.45, 2.75) is 18.9 Å². The van der Waals surface area contributed by atoms with Crippen molar-refractivity contribution in [2.75, 3.05) is 21.3 Å². The van der Waals surface area contributed by atoms with Crippen LogP contribution in [0.2, 0.25) is 0 Å². The lowest BCUT2D eigenvalue weighted by molar-refractivity contribution is -0.648. The minimum absolute atomic E-state index is 0.209. The van der Waals surface area contributed by atoms with Crippen LogP contribution in [0, 0.1) is 30.2 Å². The quantitative estimate of drug-likeness (QED) is 0.103. The fourth-order valence-corrected chi connectivity index (χ4v) is 7.35. The minimum atomic E-state index is -2.42. The van der Waals surface area contributed by atoms with Gasteiger partial charge >= 0.3 is 5.79 Å². The predicted molar refractivity (Wildman–Crippen MR) is 211 cm³/mol. The summed E-state index contributed by atoms with van der Waals surface area (Å²) >= 11 is 0. The average Bonchev–Trinajstić information content (AvgIpc) is 3.82. The molecule has 0 bridgehead atoms. The molecule has 6 aromatic rings. The number of methoxy groups -OCH3 is 3. The first-order chi connectivity index (χ1) is 27.6. The van der Waals surface area contributed by atoms with E-state index in [1.165, 1.54) is 38.0 Å². The van der Waals surface area contributed by atoms with Gasteiger partial charge in [-0.05, 0) is 79.7 Å². The second-order valence-electron chi connectivity index (χ2n) is 13.4. The van der Waals surface area contributed by atoms with E-state index in [1.807, 2.05) is 31.2 Å². The van der Waals surface area contributed by atoms with E-state index in [0.29, 0.717) is 39.5 Å². The van der Waals surface area contributed by atoms with Crippen molar-refractivity contribution in [1.29, 1.82) is 0 Å². The summed E-state index contributed by atoms with van der Waals surface area (Å²) in [5.41, 5.74) is 2.77. The minimum Gasteiger partial charge on any atom is -0.497 e. The largest absolute Gasteiger partial charge is 0.497 e. The van der Waals surface area contributed by atoms with Gasteiger partial charge < -0.3 is 14.2 Å². The molecule has 0 N–H and O–H groups in total. The Labute approximate surface area is 326 Å². The highest BCUT2D eigenvalue weighted by atomic mass is 19.1. The fraction of sp³-hybridized carbons (Fsp3) is 0.130. The molecule has 0 spiro atoms. The lowest BCUT2D eigenvalue weighted by Crippen LogP contribution is -2.42. The Hall–Kier alpha value is -6.88. The molecule has 0 saturated heterocycles. The third kappa shape index (κ3) is 6.54. The molecule has 57 heavy (non-hydrogen) atoms. The van der Waals surface area contributed by atoms with Gasteiger partial charge in [-0.25, -0.2) is 22.6 Å². The Kier molecular flexibility index (Phi) is 9.74. The zero-order valence-electron chi connectivity index (χ0n) is 31.3. The summed E-state index contributed by atoms with van der Waals surface area (Å²) < 4.78 is 84.5. The molecule has 8 rings (SSSR count). The Morgan fingerprint density at radius 1 is 0.509 bits per heavy atom. The zero-order chi connectivity index (χ0) is 39.8. The molecule has 2 heterocycles. The molecular formula is C46H35F4N4O3+. The molecule has 2 aliphatic heterocycles. The van der Waals surface area contributed by atoms with Crippen LogP contribution in [0.3, 0.4) is 0 Å². The fourth-order valence-electron chi connectivity index (χ4n) is 7.35. The number of aryl methyl sites for hydroxylation is 1.